The molecule has 1 saturated heterocycles. The Balaban J connectivity index is 2.80. The van der Waals surface area contributed by atoms with Crippen LogP contribution in [0, 0.1) is 17.8 Å². The van der Waals surface area contributed by atoms with Gasteiger partial charge in [0.05, 0.1) is 12.6 Å². The number of carboxylic acid groups (broad SMARTS) is 1. The zero-order chi connectivity index (χ0) is 22.1. The van der Waals surface area contributed by atoms with Gasteiger partial charge in [-0.1, -0.05) is 27.7 Å². The van der Waals surface area contributed by atoms with Gasteiger partial charge in [0, 0.05) is 12.5 Å². The van der Waals surface area contributed by atoms with Gasteiger partial charge in [-0.15, -0.1) is 0 Å². The van der Waals surface area contributed by atoms with Crippen LogP contribution in [-0.4, -0.2) is 65.3 Å². The van der Waals surface area contributed by atoms with Crippen molar-refractivity contribution in [2.75, 3.05) is 13.2 Å². The highest BCUT2D eigenvalue weighted by Gasteiger charge is 2.32. The second-order valence-corrected chi connectivity index (χ2v) is 8.26. The van der Waals surface area contributed by atoms with Crippen molar-refractivity contribution in [1.29, 1.82) is 0 Å². The molecule has 0 radical (unpaired) electrons. The Bertz CT molecular complexity index is 595. The van der Waals surface area contributed by atoms with Gasteiger partial charge in [-0.05, 0) is 31.1 Å². The smallest absolute Gasteiger partial charge is 0.405 e. The van der Waals surface area contributed by atoms with Crippen LogP contribution in [0.2, 0.25) is 0 Å². The van der Waals surface area contributed by atoms with E-state index in [9.17, 15) is 24.3 Å². The Morgan fingerprint density at radius 2 is 1.76 bits per heavy atom. The number of carbonyl (C=O) groups excluding carboxylic acids is 3. The Morgan fingerprint density at radius 3 is 2.21 bits per heavy atom. The molecule has 0 aromatic heterocycles. The first kappa shape index (κ1) is 24.7. The van der Waals surface area contributed by atoms with Gasteiger partial charge in [-0.3, -0.25) is 14.4 Å². The predicted octanol–water partition coefficient (Wildman–Crippen LogP) is -0.187. The minimum absolute atomic E-state index is 0.0872. The van der Waals surface area contributed by atoms with Crippen molar-refractivity contribution < 1.29 is 29.4 Å². The van der Waals surface area contributed by atoms with E-state index in [4.69, 9.17) is 5.11 Å². The van der Waals surface area contributed by atoms with Crippen LogP contribution in [-0.2, 0) is 14.4 Å². The van der Waals surface area contributed by atoms with Gasteiger partial charge in [0.25, 0.3) is 0 Å². The van der Waals surface area contributed by atoms with Crippen molar-refractivity contribution in [3.8, 4) is 0 Å². The lowest BCUT2D eigenvalue weighted by molar-refractivity contribution is -0.131. The average Bonchev–Trinajstić information content (AvgIpc) is 3.02. The normalized spacial score (nSPS) is 19.4. The van der Waals surface area contributed by atoms with Gasteiger partial charge < -0.3 is 31.5 Å². The summed E-state index contributed by atoms with van der Waals surface area (Å²) in [7, 11) is 0. The number of amides is 4. The van der Waals surface area contributed by atoms with E-state index in [1.165, 1.54) is 0 Å². The number of hydrogen-bond donors (Lipinski definition) is 6. The topological polar surface area (TPSA) is 157 Å². The van der Waals surface area contributed by atoms with Crippen LogP contribution in [0.5, 0.6) is 0 Å². The second-order valence-electron chi connectivity index (χ2n) is 8.26. The van der Waals surface area contributed by atoms with E-state index in [1.807, 2.05) is 13.8 Å². The van der Waals surface area contributed by atoms with Gasteiger partial charge in [0.1, 0.15) is 12.1 Å². The molecule has 1 heterocycles. The molecule has 6 N–H and O–H groups in total. The maximum Gasteiger partial charge on any atom is 0.405 e. The molecule has 4 atom stereocenters. The predicted molar refractivity (Wildman–Crippen MR) is 106 cm³/mol. The highest BCUT2D eigenvalue weighted by Crippen LogP contribution is 2.16. The first-order valence-electron chi connectivity index (χ1n) is 10.0. The second kappa shape index (κ2) is 11.6. The van der Waals surface area contributed by atoms with Gasteiger partial charge >= 0.3 is 6.09 Å². The summed E-state index contributed by atoms with van der Waals surface area (Å²) < 4.78 is 0. The molecule has 0 bridgehead atoms. The first-order valence-corrected chi connectivity index (χ1v) is 10.0. The molecule has 4 amide bonds. The Labute approximate surface area is 171 Å². The lowest BCUT2D eigenvalue weighted by Crippen LogP contribution is -2.56. The third-order valence-corrected chi connectivity index (χ3v) is 4.87. The van der Waals surface area contributed by atoms with Crippen LogP contribution < -0.4 is 21.3 Å². The summed E-state index contributed by atoms with van der Waals surface area (Å²) in [4.78, 5) is 48.1. The molecule has 10 heteroatoms. The molecule has 0 aromatic rings. The first-order chi connectivity index (χ1) is 13.5. The maximum atomic E-state index is 12.8. The van der Waals surface area contributed by atoms with Gasteiger partial charge in [0.15, 0.2) is 0 Å². The molecule has 29 heavy (non-hydrogen) atoms. The quantitative estimate of drug-likeness (QED) is 0.275. The van der Waals surface area contributed by atoms with E-state index in [2.05, 4.69) is 21.3 Å². The molecule has 1 aliphatic heterocycles. The monoisotopic (exact) mass is 414 g/mol. The molecule has 10 nitrogen and oxygen atoms in total. The number of rotatable bonds is 11. The third kappa shape index (κ3) is 8.26. The van der Waals surface area contributed by atoms with Crippen molar-refractivity contribution in [1.82, 2.24) is 21.3 Å². The highest BCUT2D eigenvalue weighted by molar-refractivity contribution is 5.91. The molecule has 1 rings (SSSR count). The fourth-order valence-electron chi connectivity index (χ4n) is 3.33. The molecule has 0 spiro atoms. The molecule has 0 aromatic carbocycles. The van der Waals surface area contributed by atoms with Crippen molar-refractivity contribution in [3.05, 3.63) is 0 Å². The van der Waals surface area contributed by atoms with Crippen LogP contribution in [0.25, 0.3) is 0 Å². The summed E-state index contributed by atoms with van der Waals surface area (Å²) in [6, 6.07) is -2.49. The van der Waals surface area contributed by atoms with Crippen LogP contribution in [0.15, 0.2) is 0 Å². The van der Waals surface area contributed by atoms with Crippen molar-refractivity contribution in [2.45, 2.75) is 65.1 Å². The summed E-state index contributed by atoms with van der Waals surface area (Å²) in [5.74, 6) is -1.63. The fourth-order valence-corrected chi connectivity index (χ4v) is 3.33. The van der Waals surface area contributed by atoms with Crippen molar-refractivity contribution in [3.63, 3.8) is 0 Å². The molecule has 1 fully saturated rings. The lowest BCUT2D eigenvalue weighted by atomic mass is 9.97. The van der Waals surface area contributed by atoms with E-state index in [0.717, 1.165) is 0 Å². The van der Waals surface area contributed by atoms with Crippen LogP contribution in [0.1, 0.15) is 47.0 Å². The zero-order valence-electron chi connectivity index (χ0n) is 17.5. The third-order valence-electron chi connectivity index (χ3n) is 4.87. The Kier molecular flexibility index (Phi) is 9.87. The standard InChI is InChI=1S/C19H34N4O6/c1-10(2)7-14(22-18(27)15(11(3)4)23-19(28)29)17(26)21-13(9-24)8-12-5-6-20-16(12)25/h10-15,23-24H,5-9H2,1-4H3,(H,20,25)(H,21,26)(H,22,27)(H,28,29). The largest absolute Gasteiger partial charge is 0.465 e. The van der Waals surface area contributed by atoms with Gasteiger partial charge in [-0.25, -0.2) is 4.79 Å². The molecule has 0 aliphatic carbocycles. The SMILES string of the molecule is CC(C)CC(NC(=O)C(NC(=O)O)C(C)C)C(=O)NC(CO)CC1CCNC1=O. The number of nitrogens with one attached hydrogen (secondary N) is 4. The summed E-state index contributed by atoms with van der Waals surface area (Å²) in [5.41, 5.74) is 0. The summed E-state index contributed by atoms with van der Waals surface area (Å²) in [5, 5.41) is 28.8. The van der Waals surface area contributed by atoms with E-state index in [0.29, 0.717) is 25.8 Å². The van der Waals surface area contributed by atoms with E-state index in [-0.39, 0.29) is 30.3 Å². The fraction of sp³-hybridized carbons (Fsp3) is 0.789. The number of carbonyl (C=O) groups is 4. The van der Waals surface area contributed by atoms with Crippen LogP contribution in [0.3, 0.4) is 0 Å². The molecule has 166 valence electrons. The van der Waals surface area contributed by atoms with Crippen molar-refractivity contribution >= 4 is 23.8 Å². The van der Waals surface area contributed by atoms with Crippen LogP contribution >= 0.6 is 0 Å². The minimum atomic E-state index is -1.32. The van der Waals surface area contributed by atoms with E-state index in [1.54, 1.807) is 13.8 Å². The molecular weight excluding hydrogens is 380 g/mol. The van der Waals surface area contributed by atoms with E-state index < -0.39 is 36.0 Å². The molecule has 0 saturated carbocycles. The number of aliphatic hydroxyl groups is 1. The Hall–Kier alpha value is -2.36. The number of hydrogen-bond acceptors (Lipinski definition) is 5. The summed E-state index contributed by atoms with van der Waals surface area (Å²) in [6.45, 7) is 7.45. The molecule has 1 aliphatic rings. The minimum Gasteiger partial charge on any atom is -0.465 e. The molecular formula is C19H34N4O6. The summed E-state index contributed by atoms with van der Waals surface area (Å²) >= 11 is 0. The highest BCUT2D eigenvalue weighted by atomic mass is 16.4. The van der Waals surface area contributed by atoms with Gasteiger partial charge in [0.2, 0.25) is 17.7 Å². The van der Waals surface area contributed by atoms with Crippen molar-refractivity contribution in [2.24, 2.45) is 17.8 Å². The lowest BCUT2D eigenvalue weighted by Gasteiger charge is -2.27. The van der Waals surface area contributed by atoms with Crippen LogP contribution in [0.4, 0.5) is 4.79 Å². The zero-order valence-corrected chi connectivity index (χ0v) is 17.5. The molecule has 4 unspecified atom stereocenters. The number of aliphatic hydroxyl groups excluding tert-OH is 1. The van der Waals surface area contributed by atoms with E-state index >= 15 is 0 Å². The van der Waals surface area contributed by atoms with Gasteiger partial charge in [-0.2, -0.15) is 0 Å². The average molecular weight is 415 g/mol. The maximum absolute atomic E-state index is 12.8. The Morgan fingerprint density at radius 1 is 1.10 bits per heavy atom. The summed E-state index contributed by atoms with van der Waals surface area (Å²) in [6.07, 6.45) is -0.0175.